The molecule has 0 radical (unpaired) electrons. The maximum absolute atomic E-state index is 14.1. The predicted molar refractivity (Wildman–Crippen MR) is 152 cm³/mol. The van der Waals surface area contributed by atoms with Gasteiger partial charge in [-0.25, -0.2) is 23.4 Å². The van der Waals surface area contributed by atoms with Crippen molar-refractivity contribution < 1.29 is 40.8 Å². The summed E-state index contributed by atoms with van der Waals surface area (Å²) in [6.07, 6.45) is -5.08. The van der Waals surface area contributed by atoms with Crippen molar-refractivity contribution in [2.75, 3.05) is 42.5 Å². The summed E-state index contributed by atoms with van der Waals surface area (Å²) in [5.41, 5.74) is 1.69. The molecule has 1 fully saturated rings. The smallest absolute Gasteiger partial charge is 0.409 e. The van der Waals surface area contributed by atoms with Crippen molar-refractivity contribution in [2.24, 2.45) is 5.41 Å². The molecule has 2 amide bonds. The summed E-state index contributed by atoms with van der Waals surface area (Å²) in [5.74, 6) is -1.14. The number of anilines is 3. The summed E-state index contributed by atoms with van der Waals surface area (Å²) in [6.45, 7) is 2.41. The Hall–Kier alpha value is -4.34. The minimum Gasteiger partial charge on any atom is -0.479 e. The predicted octanol–water partition coefficient (Wildman–Crippen LogP) is 3.76. The highest BCUT2D eigenvalue weighted by Crippen LogP contribution is 2.39. The fraction of sp³-hybridized carbons (Fsp3) is 0.370. The molecule has 1 unspecified atom stereocenters. The van der Waals surface area contributed by atoms with E-state index in [9.17, 15) is 31.4 Å². The van der Waals surface area contributed by atoms with Gasteiger partial charge in [0.1, 0.15) is 30.3 Å². The first-order valence-corrected chi connectivity index (χ1v) is 14.8. The summed E-state index contributed by atoms with van der Waals surface area (Å²) in [6, 6.07) is 6.97. The lowest BCUT2D eigenvalue weighted by molar-refractivity contribution is -0.142. The third-order valence-electron chi connectivity index (χ3n) is 6.95. The van der Waals surface area contributed by atoms with E-state index >= 15 is 0 Å². The van der Waals surface area contributed by atoms with Crippen LogP contribution in [0.4, 0.5) is 39.5 Å². The summed E-state index contributed by atoms with van der Waals surface area (Å²) < 4.78 is 78.2. The van der Waals surface area contributed by atoms with Gasteiger partial charge in [-0.2, -0.15) is 13.2 Å². The number of amides is 2. The number of aromatic nitrogens is 2. The molecule has 0 aliphatic carbocycles. The number of nitrogens with one attached hydrogen (secondary N) is 3. The molecule has 230 valence electrons. The molecule has 1 aromatic heterocycles. The zero-order valence-corrected chi connectivity index (χ0v) is 24.1. The molecule has 5 rings (SSSR count). The molecule has 43 heavy (non-hydrogen) atoms. The number of methoxy groups -OCH3 is 1. The number of benzene rings is 2. The number of aryl methyl sites for hydroxylation is 1. The minimum absolute atomic E-state index is 0.120. The number of rotatable bonds is 8. The van der Waals surface area contributed by atoms with Crippen molar-refractivity contribution in [2.45, 2.75) is 26.1 Å². The Balaban J connectivity index is 1.34. The van der Waals surface area contributed by atoms with Crippen LogP contribution in [-0.2, 0) is 19.2 Å². The molecule has 2 aliphatic rings. The lowest BCUT2D eigenvalue weighted by Gasteiger charge is -2.52. The highest BCUT2D eigenvalue weighted by atomic mass is 32.2. The number of hydrogen-bond donors (Lipinski definition) is 3. The van der Waals surface area contributed by atoms with Crippen LogP contribution in [-0.4, -0.2) is 81.2 Å². The Kier molecular flexibility index (Phi) is 7.75. The van der Waals surface area contributed by atoms with E-state index in [1.54, 1.807) is 34.6 Å². The number of ether oxygens (including phenoxy) is 2. The maximum atomic E-state index is 14.1. The molecule has 16 heteroatoms. The van der Waals surface area contributed by atoms with Crippen molar-refractivity contribution >= 4 is 55.2 Å². The molecule has 2 aromatic carbocycles. The van der Waals surface area contributed by atoms with Gasteiger partial charge in [0, 0.05) is 51.1 Å². The second-order valence-corrected chi connectivity index (χ2v) is 12.7. The number of hydrogen-bond acceptors (Lipinski definition) is 8. The van der Waals surface area contributed by atoms with Gasteiger partial charge in [-0.15, -0.1) is 0 Å². The van der Waals surface area contributed by atoms with Crippen molar-refractivity contribution in [3.8, 4) is 5.75 Å². The highest BCUT2D eigenvalue weighted by molar-refractivity contribution is 8.04. The second kappa shape index (κ2) is 11.1. The quantitative estimate of drug-likeness (QED) is 0.255. The van der Waals surface area contributed by atoms with Crippen LogP contribution < -0.4 is 20.1 Å². The maximum Gasteiger partial charge on any atom is 0.409 e. The van der Waals surface area contributed by atoms with Crippen LogP contribution in [0.25, 0.3) is 10.9 Å². The van der Waals surface area contributed by atoms with E-state index in [0.717, 1.165) is 12.1 Å². The zero-order valence-electron chi connectivity index (χ0n) is 23.3. The number of carbonyl (C=O) groups excluding carboxylic acids is 2. The van der Waals surface area contributed by atoms with Crippen LogP contribution in [0.2, 0.25) is 0 Å². The molecule has 1 saturated heterocycles. The van der Waals surface area contributed by atoms with Gasteiger partial charge in [-0.05, 0) is 49.0 Å². The summed E-state index contributed by atoms with van der Waals surface area (Å²) in [4.78, 5) is 33.9. The van der Waals surface area contributed by atoms with Crippen molar-refractivity contribution in [1.82, 2.24) is 20.2 Å². The number of nitrogens with zero attached hydrogens (tertiary/aromatic N) is 3. The Morgan fingerprint density at radius 2 is 1.91 bits per heavy atom. The third-order valence-corrected chi connectivity index (χ3v) is 9.41. The first-order chi connectivity index (χ1) is 20.2. The molecule has 2 atom stereocenters. The van der Waals surface area contributed by atoms with Crippen LogP contribution in [0, 0.1) is 18.2 Å². The van der Waals surface area contributed by atoms with Gasteiger partial charge in [-0.1, -0.05) is 0 Å². The van der Waals surface area contributed by atoms with Crippen LogP contribution in [0.15, 0.2) is 36.7 Å². The van der Waals surface area contributed by atoms with Gasteiger partial charge in [-0.3, -0.25) is 4.79 Å². The molecular formula is C27H28F4N6O5S. The normalized spacial score (nSPS) is 19.5. The lowest BCUT2D eigenvalue weighted by atomic mass is 9.84. The fourth-order valence-corrected chi connectivity index (χ4v) is 7.75. The minimum atomic E-state index is -4.60. The lowest BCUT2D eigenvalue weighted by Crippen LogP contribution is -2.67. The molecule has 11 nitrogen and oxygen atoms in total. The van der Waals surface area contributed by atoms with Gasteiger partial charge < -0.3 is 29.7 Å². The van der Waals surface area contributed by atoms with Gasteiger partial charge >= 0.3 is 12.3 Å². The number of halogens is 4. The van der Waals surface area contributed by atoms with E-state index in [0.29, 0.717) is 46.8 Å². The molecule has 1 spiro atoms. The summed E-state index contributed by atoms with van der Waals surface area (Å²) in [7, 11) is -1.20. The molecule has 3 heterocycles. The molecule has 3 aromatic rings. The van der Waals surface area contributed by atoms with Gasteiger partial charge in [0.25, 0.3) is 5.91 Å². The summed E-state index contributed by atoms with van der Waals surface area (Å²) in [5, 5.41) is 7.12. The highest BCUT2D eigenvalue weighted by Gasteiger charge is 2.52. The first-order valence-electron chi connectivity index (χ1n) is 13.0. The van der Waals surface area contributed by atoms with Crippen LogP contribution in [0.3, 0.4) is 0 Å². The molecule has 2 aliphatic heterocycles. The zero-order chi connectivity index (χ0) is 31.2. The van der Waals surface area contributed by atoms with Crippen LogP contribution >= 0.6 is 0 Å². The third kappa shape index (κ3) is 6.53. The van der Waals surface area contributed by atoms with Crippen LogP contribution in [0.5, 0.6) is 5.75 Å². The molecule has 3 N–H and O–H groups in total. The first kappa shape index (κ1) is 30.1. The topological polar surface area (TPSA) is 135 Å². The Bertz CT molecular complexity index is 1720. The van der Waals surface area contributed by atoms with Crippen molar-refractivity contribution in [3.63, 3.8) is 0 Å². The van der Waals surface area contributed by atoms with Gasteiger partial charge in [0.2, 0.25) is 0 Å². The molecule has 0 bridgehead atoms. The molecular weight excluding hydrogens is 596 g/mol. The second-order valence-electron chi connectivity index (χ2n) is 10.5. The Labute approximate surface area is 244 Å². The Morgan fingerprint density at radius 1 is 1.19 bits per heavy atom. The number of fused-ring (bicyclic) bond motifs is 1. The van der Waals surface area contributed by atoms with E-state index in [1.807, 2.05) is 0 Å². The standard InChI is InChI=1S/C27H28F4N6O5S/c1-15-6-18(36-43(40)12-26(13-43)10-37(11-26)25(39)41-3)8-20-22(15)23(34-14-33-20)35-19-5-4-17(28)7-21(19)42-16(2)24(38)32-9-27(29,30)31/h4-8,12,14,16H,9-11,13H2,1-3H3,(H,32,38)(H,36,40)(H,33,34,35)/t16-,43?/m1/s1. The van der Waals surface area contributed by atoms with E-state index in [-0.39, 0.29) is 16.9 Å². The number of likely N-dealkylation sites (tertiary alicyclic amines) is 1. The Morgan fingerprint density at radius 3 is 2.58 bits per heavy atom. The fourth-order valence-electron chi connectivity index (χ4n) is 5.16. The van der Waals surface area contributed by atoms with E-state index in [2.05, 4.69) is 20.0 Å². The SMILES string of the molecule is COC(=O)N1CC2(C=S(=O)(Nc3cc(C)c4c(Nc5ccc(F)cc5O[C@H](C)C(=O)NCC(F)(F)F)ncnc4c3)C2)C1. The average molecular weight is 625 g/mol. The van der Waals surface area contributed by atoms with E-state index in [4.69, 9.17) is 9.47 Å². The van der Waals surface area contributed by atoms with Crippen molar-refractivity contribution in [1.29, 1.82) is 0 Å². The van der Waals surface area contributed by atoms with E-state index in [1.165, 1.54) is 26.4 Å². The van der Waals surface area contributed by atoms with Gasteiger partial charge in [0.15, 0.2) is 6.10 Å². The van der Waals surface area contributed by atoms with Crippen LogP contribution in [0.1, 0.15) is 12.5 Å². The number of alkyl halides is 3. The monoisotopic (exact) mass is 624 g/mol. The van der Waals surface area contributed by atoms with E-state index < -0.39 is 46.4 Å². The summed E-state index contributed by atoms with van der Waals surface area (Å²) >= 11 is 0. The number of carbonyl (C=O) groups is 2. The largest absolute Gasteiger partial charge is 0.479 e. The molecule has 0 saturated carbocycles. The van der Waals surface area contributed by atoms with Gasteiger partial charge in [0.05, 0.1) is 18.3 Å². The average Bonchev–Trinajstić information content (AvgIpc) is 2.89. The van der Waals surface area contributed by atoms with Crippen molar-refractivity contribution in [3.05, 3.63) is 48.0 Å².